The minimum atomic E-state index is -0.181. The summed E-state index contributed by atoms with van der Waals surface area (Å²) in [6.07, 6.45) is 2.21. The Labute approximate surface area is 118 Å². The van der Waals surface area contributed by atoms with E-state index in [1.54, 1.807) is 18.2 Å². The molecule has 1 aliphatic rings. The lowest BCUT2D eigenvalue weighted by molar-refractivity contribution is 0.0827. The number of ether oxygens (including phenoxy) is 1. The highest BCUT2D eigenvalue weighted by Gasteiger charge is 2.27. The van der Waals surface area contributed by atoms with Crippen LogP contribution in [0.15, 0.2) is 18.2 Å². The second kappa shape index (κ2) is 6.26. The molecular weight excluding hydrogens is 264 g/mol. The van der Waals surface area contributed by atoms with Crippen LogP contribution in [0.1, 0.15) is 30.1 Å². The molecule has 1 fully saturated rings. The van der Waals surface area contributed by atoms with Crippen LogP contribution in [0.5, 0.6) is 0 Å². The maximum atomic E-state index is 12.1. The minimum absolute atomic E-state index is 0.181. The van der Waals surface area contributed by atoms with E-state index in [0.717, 1.165) is 19.4 Å². The number of nitrogens with two attached hydrogens (primary N) is 1. The lowest BCUT2D eigenvalue weighted by Crippen LogP contribution is -2.32. The van der Waals surface area contributed by atoms with Gasteiger partial charge in [-0.3, -0.25) is 4.79 Å². The number of amides is 1. The fraction of sp³-hybridized carbons (Fsp3) is 0.500. The molecule has 104 valence electrons. The first-order chi connectivity index (χ1) is 9.13. The topological polar surface area (TPSA) is 64.3 Å². The molecule has 5 heteroatoms. The molecule has 0 aromatic heterocycles. The summed E-state index contributed by atoms with van der Waals surface area (Å²) in [5, 5.41) is 3.23. The van der Waals surface area contributed by atoms with Crippen LogP contribution in [0.2, 0.25) is 5.02 Å². The summed E-state index contributed by atoms with van der Waals surface area (Å²) in [6.45, 7) is 3.49. The van der Waals surface area contributed by atoms with Crippen LogP contribution < -0.4 is 11.1 Å². The Kier molecular flexibility index (Phi) is 4.66. The van der Waals surface area contributed by atoms with Crippen molar-refractivity contribution in [3.8, 4) is 0 Å². The van der Waals surface area contributed by atoms with Crippen molar-refractivity contribution in [3.05, 3.63) is 28.8 Å². The van der Waals surface area contributed by atoms with Crippen molar-refractivity contribution in [1.29, 1.82) is 0 Å². The van der Waals surface area contributed by atoms with Crippen molar-refractivity contribution in [1.82, 2.24) is 5.32 Å². The molecule has 1 heterocycles. The summed E-state index contributed by atoms with van der Waals surface area (Å²) in [7, 11) is 0. The van der Waals surface area contributed by atoms with E-state index in [0.29, 0.717) is 28.7 Å². The standard InChI is InChI=1S/C14H19ClN2O2/c1-2-12-9(6-7-19-12)8-17-14(18)10-4-3-5-11(16)13(10)15/h3-5,9,12H,2,6-8,16H2,1H3,(H,17,18). The average molecular weight is 283 g/mol. The molecular formula is C14H19ClN2O2. The number of carbonyl (C=O) groups is 1. The van der Waals surface area contributed by atoms with Crippen LogP contribution in [0, 0.1) is 5.92 Å². The number of carbonyl (C=O) groups excluding carboxylic acids is 1. The number of nitrogen functional groups attached to an aromatic ring is 1. The highest BCUT2D eigenvalue weighted by atomic mass is 35.5. The molecule has 0 aliphatic carbocycles. The van der Waals surface area contributed by atoms with Crippen LogP contribution in [0.3, 0.4) is 0 Å². The fourth-order valence-electron chi connectivity index (χ4n) is 2.42. The quantitative estimate of drug-likeness (QED) is 0.834. The highest BCUT2D eigenvalue weighted by Crippen LogP contribution is 2.24. The van der Waals surface area contributed by atoms with Crippen LogP contribution in [0.4, 0.5) is 5.69 Å². The minimum Gasteiger partial charge on any atom is -0.398 e. The molecule has 1 aromatic rings. The first kappa shape index (κ1) is 14.2. The maximum absolute atomic E-state index is 12.1. The van der Waals surface area contributed by atoms with E-state index in [2.05, 4.69) is 12.2 Å². The third-order valence-electron chi connectivity index (χ3n) is 3.55. The van der Waals surface area contributed by atoms with Crippen LogP contribution in [-0.2, 0) is 4.74 Å². The Hall–Kier alpha value is -1.26. The van der Waals surface area contributed by atoms with Crippen molar-refractivity contribution in [2.24, 2.45) is 5.92 Å². The molecule has 2 rings (SSSR count). The summed E-state index contributed by atoms with van der Waals surface area (Å²) in [4.78, 5) is 12.1. The predicted molar refractivity (Wildman–Crippen MR) is 76.3 cm³/mol. The van der Waals surface area contributed by atoms with E-state index >= 15 is 0 Å². The van der Waals surface area contributed by atoms with Gasteiger partial charge in [0.2, 0.25) is 0 Å². The van der Waals surface area contributed by atoms with Gasteiger partial charge in [0.25, 0.3) is 5.91 Å². The molecule has 0 spiro atoms. The largest absolute Gasteiger partial charge is 0.398 e. The van der Waals surface area contributed by atoms with Gasteiger partial charge in [0, 0.05) is 19.1 Å². The molecule has 0 radical (unpaired) electrons. The molecule has 3 N–H and O–H groups in total. The van der Waals surface area contributed by atoms with E-state index in [1.807, 2.05) is 0 Å². The number of halogens is 1. The zero-order valence-corrected chi connectivity index (χ0v) is 11.7. The van der Waals surface area contributed by atoms with Gasteiger partial charge < -0.3 is 15.8 Å². The van der Waals surface area contributed by atoms with Crippen molar-refractivity contribution in [2.75, 3.05) is 18.9 Å². The average Bonchev–Trinajstić information content (AvgIpc) is 2.86. The summed E-state index contributed by atoms with van der Waals surface area (Å²) < 4.78 is 5.60. The van der Waals surface area contributed by atoms with E-state index < -0.39 is 0 Å². The first-order valence-electron chi connectivity index (χ1n) is 6.57. The van der Waals surface area contributed by atoms with Gasteiger partial charge >= 0.3 is 0 Å². The number of hydrogen-bond acceptors (Lipinski definition) is 3. The van der Waals surface area contributed by atoms with Crippen molar-refractivity contribution < 1.29 is 9.53 Å². The SMILES string of the molecule is CCC1OCCC1CNC(=O)c1cccc(N)c1Cl. The molecule has 19 heavy (non-hydrogen) atoms. The van der Waals surface area contributed by atoms with Gasteiger partial charge in [0.15, 0.2) is 0 Å². The molecule has 2 atom stereocenters. The van der Waals surface area contributed by atoms with Crippen LogP contribution in [-0.4, -0.2) is 25.2 Å². The van der Waals surface area contributed by atoms with E-state index in [9.17, 15) is 4.79 Å². The first-order valence-corrected chi connectivity index (χ1v) is 6.95. The number of rotatable bonds is 4. The number of benzene rings is 1. The normalized spacial score (nSPS) is 22.4. The molecule has 0 saturated carbocycles. The second-order valence-corrected chi connectivity index (χ2v) is 5.16. The third-order valence-corrected chi connectivity index (χ3v) is 3.97. The predicted octanol–water partition coefficient (Wildman–Crippen LogP) is 2.47. The van der Waals surface area contributed by atoms with Crippen LogP contribution >= 0.6 is 11.6 Å². The van der Waals surface area contributed by atoms with Crippen molar-refractivity contribution >= 4 is 23.2 Å². The smallest absolute Gasteiger partial charge is 0.252 e. The van der Waals surface area contributed by atoms with Gasteiger partial charge in [-0.1, -0.05) is 24.6 Å². The Bertz CT molecular complexity index is 465. The Morgan fingerprint density at radius 2 is 2.37 bits per heavy atom. The molecule has 2 unspecified atom stereocenters. The number of nitrogens with one attached hydrogen (secondary N) is 1. The van der Waals surface area contributed by atoms with Crippen molar-refractivity contribution in [3.63, 3.8) is 0 Å². The number of hydrogen-bond donors (Lipinski definition) is 2. The Morgan fingerprint density at radius 1 is 1.58 bits per heavy atom. The summed E-state index contributed by atoms with van der Waals surface area (Å²) in [6, 6.07) is 5.08. The lowest BCUT2D eigenvalue weighted by atomic mass is 9.99. The van der Waals surface area contributed by atoms with Gasteiger partial charge in [-0.05, 0) is 25.0 Å². The molecule has 1 amide bonds. The molecule has 1 saturated heterocycles. The van der Waals surface area contributed by atoms with Gasteiger partial charge in [-0.25, -0.2) is 0 Å². The molecule has 4 nitrogen and oxygen atoms in total. The molecule has 0 bridgehead atoms. The van der Waals surface area contributed by atoms with E-state index in [-0.39, 0.29) is 12.0 Å². The number of anilines is 1. The molecule has 1 aromatic carbocycles. The van der Waals surface area contributed by atoms with E-state index in [4.69, 9.17) is 22.1 Å². The third kappa shape index (κ3) is 3.19. The zero-order chi connectivity index (χ0) is 13.8. The maximum Gasteiger partial charge on any atom is 0.252 e. The fourth-order valence-corrected chi connectivity index (χ4v) is 2.63. The van der Waals surface area contributed by atoms with Gasteiger partial charge in [0.05, 0.1) is 22.4 Å². The monoisotopic (exact) mass is 282 g/mol. The zero-order valence-electron chi connectivity index (χ0n) is 11.0. The second-order valence-electron chi connectivity index (χ2n) is 4.79. The van der Waals surface area contributed by atoms with Crippen LogP contribution in [0.25, 0.3) is 0 Å². The highest BCUT2D eigenvalue weighted by molar-refractivity contribution is 6.36. The van der Waals surface area contributed by atoms with E-state index in [1.165, 1.54) is 0 Å². The summed E-state index contributed by atoms with van der Waals surface area (Å²) in [5.74, 6) is 0.202. The molecule has 1 aliphatic heterocycles. The van der Waals surface area contributed by atoms with Gasteiger partial charge in [-0.15, -0.1) is 0 Å². The summed E-state index contributed by atoms with van der Waals surface area (Å²) in [5.41, 5.74) is 6.53. The Morgan fingerprint density at radius 3 is 3.11 bits per heavy atom. The van der Waals surface area contributed by atoms with Gasteiger partial charge in [0.1, 0.15) is 0 Å². The Balaban J connectivity index is 1.96. The van der Waals surface area contributed by atoms with Crippen molar-refractivity contribution in [2.45, 2.75) is 25.9 Å². The summed E-state index contributed by atoms with van der Waals surface area (Å²) >= 11 is 6.03. The van der Waals surface area contributed by atoms with Gasteiger partial charge in [-0.2, -0.15) is 0 Å². The lowest BCUT2D eigenvalue weighted by Gasteiger charge is -2.17.